The first-order valence-electron chi connectivity index (χ1n) is 10.7. The second kappa shape index (κ2) is 8.34. The predicted molar refractivity (Wildman–Crippen MR) is 119 cm³/mol. The number of hydrogen-bond donors (Lipinski definition) is 1. The third-order valence-electron chi connectivity index (χ3n) is 6.15. The van der Waals surface area contributed by atoms with Crippen LogP contribution < -0.4 is 5.32 Å². The highest BCUT2D eigenvalue weighted by atomic mass is 16.1. The van der Waals surface area contributed by atoms with E-state index >= 15 is 0 Å². The summed E-state index contributed by atoms with van der Waals surface area (Å²) < 4.78 is 0. The molecule has 3 aromatic rings. The number of nitrogens with one attached hydrogen (secondary N) is 1. The summed E-state index contributed by atoms with van der Waals surface area (Å²) >= 11 is 0. The highest BCUT2D eigenvalue weighted by molar-refractivity contribution is 6.13. The lowest BCUT2D eigenvalue weighted by molar-refractivity contribution is 0.102. The molecule has 4 heteroatoms. The first-order valence-corrected chi connectivity index (χ1v) is 10.7. The molecule has 1 aliphatic rings. The van der Waals surface area contributed by atoms with E-state index in [0.29, 0.717) is 5.92 Å². The van der Waals surface area contributed by atoms with Crippen molar-refractivity contribution in [2.24, 2.45) is 0 Å². The van der Waals surface area contributed by atoms with Crippen molar-refractivity contribution in [1.29, 1.82) is 0 Å². The van der Waals surface area contributed by atoms with Gasteiger partial charge in [-0.3, -0.25) is 14.7 Å². The van der Waals surface area contributed by atoms with E-state index in [1.165, 1.54) is 5.56 Å². The third kappa shape index (κ3) is 3.77. The molecule has 150 valence electrons. The third-order valence-corrected chi connectivity index (χ3v) is 6.15. The van der Waals surface area contributed by atoms with Crippen molar-refractivity contribution in [2.75, 3.05) is 18.4 Å². The van der Waals surface area contributed by atoms with Crippen LogP contribution in [-0.2, 0) is 13.0 Å². The number of fused-ring (bicyclic) bond motifs is 2. The topological polar surface area (TPSA) is 45.2 Å². The van der Waals surface area contributed by atoms with Crippen LogP contribution >= 0.6 is 0 Å². The van der Waals surface area contributed by atoms with E-state index in [4.69, 9.17) is 4.98 Å². The Morgan fingerprint density at radius 1 is 1.14 bits per heavy atom. The fourth-order valence-electron chi connectivity index (χ4n) is 4.22. The number of rotatable bonds is 5. The van der Waals surface area contributed by atoms with E-state index in [9.17, 15) is 4.79 Å². The molecule has 0 spiro atoms. The largest absolute Gasteiger partial charge is 0.322 e. The minimum absolute atomic E-state index is 0.0337. The molecule has 1 amide bonds. The van der Waals surface area contributed by atoms with Gasteiger partial charge in [0.1, 0.15) is 0 Å². The Balaban J connectivity index is 1.80. The van der Waals surface area contributed by atoms with Crippen LogP contribution in [0.2, 0.25) is 0 Å². The number of amides is 1. The second-order valence-corrected chi connectivity index (χ2v) is 7.90. The molecule has 0 bridgehead atoms. The van der Waals surface area contributed by atoms with E-state index in [-0.39, 0.29) is 5.91 Å². The zero-order valence-corrected chi connectivity index (χ0v) is 17.5. The molecular formula is C25H29N3O. The van der Waals surface area contributed by atoms with Crippen LogP contribution in [0.4, 0.5) is 5.69 Å². The molecule has 0 aliphatic carbocycles. The number of carbonyl (C=O) groups excluding carboxylic acids is 1. The Morgan fingerprint density at radius 3 is 2.69 bits per heavy atom. The maximum Gasteiger partial charge on any atom is 0.256 e. The van der Waals surface area contributed by atoms with Gasteiger partial charge >= 0.3 is 0 Å². The van der Waals surface area contributed by atoms with Gasteiger partial charge in [0.05, 0.1) is 11.1 Å². The number of pyridine rings is 1. The van der Waals surface area contributed by atoms with Crippen LogP contribution in [0.25, 0.3) is 10.9 Å². The number of para-hydroxylation sites is 2. The molecule has 0 saturated carbocycles. The Hall–Kier alpha value is -2.72. The predicted octanol–water partition coefficient (Wildman–Crippen LogP) is 5.38. The maximum absolute atomic E-state index is 13.6. The van der Waals surface area contributed by atoms with Gasteiger partial charge in [0, 0.05) is 41.8 Å². The quantitative estimate of drug-likeness (QED) is 0.639. The number of likely N-dealkylation sites (N-methyl/N-ethyl adjacent to an activating group) is 1. The van der Waals surface area contributed by atoms with Crippen molar-refractivity contribution in [3.8, 4) is 0 Å². The number of aromatic nitrogens is 1. The van der Waals surface area contributed by atoms with Crippen LogP contribution in [0, 0.1) is 0 Å². The molecule has 2 heterocycles. The molecular weight excluding hydrogens is 358 g/mol. The summed E-state index contributed by atoms with van der Waals surface area (Å²) in [6, 6.07) is 16.1. The van der Waals surface area contributed by atoms with E-state index in [1.54, 1.807) is 0 Å². The molecule has 0 fully saturated rings. The SMILES string of the molecule is CCC(C)c1ccccc1NC(=O)c1c2c(nc3ccccc13)CCN(CC)C2. The Morgan fingerprint density at radius 2 is 1.90 bits per heavy atom. The smallest absolute Gasteiger partial charge is 0.256 e. The van der Waals surface area contributed by atoms with E-state index in [2.05, 4.69) is 37.1 Å². The number of benzene rings is 2. The van der Waals surface area contributed by atoms with Gasteiger partial charge in [-0.1, -0.05) is 57.2 Å². The summed E-state index contributed by atoms with van der Waals surface area (Å²) in [5.41, 5.74) is 5.92. The normalized spacial score (nSPS) is 15.1. The summed E-state index contributed by atoms with van der Waals surface area (Å²) in [5.74, 6) is 0.360. The zero-order valence-electron chi connectivity index (χ0n) is 17.5. The fraction of sp³-hybridized carbons (Fsp3) is 0.360. The maximum atomic E-state index is 13.6. The lowest BCUT2D eigenvalue weighted by atomic mass is 9.94. The van der Waals surface area contributed by atoms with Crippen LogP contribution in [0.15, 0.2) is 48.5 Å². The van der Waals surface area contributed by atoms with Gasteiger partial charge in [-0.15, -0.1) is 0 Å². The molecule has 29 heavy (non-hydrogen) atoms. The van der Waals surface area contributed by atoms with Gasteiger partial charge < -0.3 is 5.32 Å². The first-order chi connectivity index (χ1) is 14.1. The number of carbonyl (C=O) groups is 1. The van der Waals surface area contributed by atoms with Gasteiger partial charge in [0.15, 0.2) is 0 Å². The summed E-state index contributed by atoms with van der Waals surface area (Å²) in [7, 11) is 0. The first kappa shape index (κ1) is 19.6. The molecule has 4 rings (SSSR count). The molecule has 1 aromatic heterocycles. The van der Waals surface area contributed by atoms with Gasteiger partial charge in [0.25, 0.3) is 5.91 Å². The van der Waals surface area contributed by atoms with Gasteiger partial charge in [0.2, 0.25) is 0 Å². The Labute approximate surface area is 173 Å². The Kier molecular flexibility index (Phi) is 5.63. The minimum atomic E-state index is -0.0337. The van der Waals surface area contributed by atoms with Crippen LogP contribution in [0.5, 0.6) is 0 Å². The molecule has 2 aromatic carbocycles. The average molecular weight is 388 g/mol. The van der Waals surface area contributed by atoms with Crippen molar-refractivity contribution in [3.63, 3.8) is 0 Å². The standard InChI is InChI=1S/C25H29N3O/c1-4-17(3)18-10-6-8-12-21(18)27-25(29)24-19-11-7-9-13-22(19)26-23-14-15-28(5-2)16-20(23)24/h6-13,17H,4-5,14-16H2,1-3H3,(H,27,29). The van der Waals surface area contributed by atoms with Gasteiger partial charge in [-0.25, -0.2) is 0 Å². The number of hydrogen-bond acceptors (Lipinski definition) is 3. The average Bonchev–Trinajstić information content (AvgIpc) is 2.76. The summed E-state index contributed by atoms with van der Waals surface area (Å²) in [6.07, 6.45) is 1.92. The monoisotopic (exact) mass is 387 g/mol. The van der Waals surface area contributed by atoms with Crippen molar-refractivity contribution < 1.29 is 4.79 Å². The van der Waals surface area contributed by atoms with Crippen molar-refractivity contribution in [3.05, 3.63) is 70.9 Å². The van der Waals surface area contributed by atoms with Crippen molar-refractivity contribution >= 4 is 22.5 Å². The molecule has 0 saturated heterocycles. The fourth-order valence-corrected chi connectivity index (χ4v) is 4.22. The molecule has 1 unspecified atom stereocenters. The molecule has 0 radical (unpaired) electrons. The molecule has 1 aliphatic heterocycles. The van der Waals surface area contributed by atoms with Crippen LogP contribution in [0.3, 0.4) is 0 Å². The highest BCUT2D eigenvalue weighted by Gasteiger charge is 2.25. The highest BCUT2D eigenvalue weighted by Crippen LogP contribution is 2.31. The second-order valence-electron chi connectivity index (χ2n) is 7.90. The van der Waals surface area contributed by atoms with E-state index in [0.717, 1.165) is 65.9 Å². The van der Waals surface area contributed by atoms with Crippen LogP contribution in [-0.4, -0.2) is 28.9 Å². The van der Waals surface area contributed by atoms with Crippen molar-refractivity contribution in [2.45, 2.75) is 46.1 Å². The van der Waals surface area contributed by atoms with Crippen molar-refractivity contribution in [1.82, 2.24) is 9.88 Å². The minimum Gasteiger partial charge on any atom is -0.322 e. The van der Waals surface area contributed by atoms with E-state index in [1.807, 2.05) is 42.5 Å². The Bertz CT molecular complexity index is 1040. The summed E-state index contributed by atoms with van der Waals surface area (Å²) in [6.45, 7) is 9.29. The van der Waals surface area contributed by atoms with Gasteiger partial charge in [-0.05, 0) is 36.6 Å². The number of anilines is 1. The van der Waals surface area contributed by atoms with Crippen LogP contribution in [0.1, 0.15) is 60.3 Å². The summed E-state index contributed by atoms with van der Waals surface area (Å²) in [4.78, 5) is 20.9. The lowest BCUT2D eigenvalue weighted by Crippen LogP contribution is -2.33. The lowest BCUT2D eigenvalue weighted by Gasteiger charge is -2.29. The zero-order chi connectivity index (χ0) is 20.4. The summed E-state index contributed by atoms with van der Waals surface area (Å²) in [5, 5.41) is 4.17. The van der Waals surface area contributed by atoms with Gasteiger partial charge in [-0.2, -0.15) is 0 Å². The molecule has 4 nitrogen and oxygen atoms in total. The number of nitrogens with zero attached hydrogens (tertiary/aromatic N) is 2. The van der Waals surface area contributed by atoms with E-state index < -0.39 is 0 Å². The molecule has 1 atom stereocenters. The molecule has 1 N–H and O–H groups in total.